The molecule has 1 aromatic heterocycles. The molecule has 0 aliphatic carbocycles. The summed E-state index contributed by atoms with van der Waals surface area (Å²) in [6.45, 7) is 6.13. The van der Waals surface area contributed by atoms with E-state index < -0.39 is 0 Å². The van der Waals surface area contributed by atoms with Crippen LogP contribution in [0.3, 0.4) is 0 Å². The molecule has 1 aromatic carbocycles. The minimum absolute atomic E-state index is 0.0950. The second-order valence-electron chi connectivity index (χ2n) is 5.35. The predicted molar refractivity (Wildman–Crippen MR) is 75.4 cm³/mol. The maximum atomic E-state index is 12.4. The quantitative estimate of drug-likeness (QED) is 0.813. The minimum Gasteiger partial charge on any atom is -0.373 e. The summed E-state index contributed by atoms with van der Waals surface area (Å²) in [4.78, 5) is 14.5. The predicted octanol–water partition coefficient (Wildman–Crippen LogP) is 0.858. The topological polar surface area (TPSA) is 60.2 Å². The Morgan fingerprint density at radius 3 is 2.70 bits per heavy atom. The smallest absolute Gasteiger partial charge is 0.278 e. The number of nitrogens with zero attached hydrogens (tertiary/aromatic N) is 4. The van der Waals surface area contributed by atoms with Crippen LogP contribution in [-0.2, 0) is 11.4 Å². The van der Waals surface area contributed by atoms with E-state index in [4.69, 9.17) is 4.74 Å². The van der Waals surface area contributed by atoms with Crippen molar-refractivity contribution in [1.29, 1.82) is 0 Å². The first-order valence-electron chi connectivity index (χ1n) is 6.84. The molecule has 0 amide bonds. The van der Waals surface area contributed by atoms with Gasteiger partial charge in [-0.15, -0.1) is 5.10 Å². The van der Waals surface area contributed by atoms with Crippen molar-refractivity contribution in [1.82, 2.24) is 19.9 Å². The number of ether oxygens (including phenoxy) is 1. The van der Waals surface area contributed by atoms with E-state index in [-0.39, 0.29) is 17.8 Å². The lowest BCUT2D eigenvalue weighted by molar-refractivity contribution is -0.0781. The van der Waals surface area contributed by atoms with Crippen molar-refractivity contribution < 1.29 is 4.74 Å². The van der Waals surface area contributed by atoms with Crippen molar-refractivity contribution in [3.63, 3.8) is 0 Å². The third kappa shape index (κ3) is 2.57. The number of rotatable bonds is 2. The van der Waals surface area contributed by atoms with Crippen molar-refractivity contribution in [2.45, 2.75) is 32.7 Å². The van der Waals surface area contributed by atoms with Gasteiger partial charge in [-0.2, -0.15) is 4.68 Å². The Morgan fingerprint density at radius 2 is 1.95 bits per heavy atom. The Labute approximate surface area is 117 Å². The Kier molecular flexibility index (Phi) is 3.50. The van der Waals surface area contributed by atoms with Crippen molar-refractivity contribution in [2.24, 2.45) is 0 Å². The average Bonchev–Trinajstić information content (AvgIpc) is 2.41. The molecule has 2 aromatic rings. The average molecular weight is 274 g/mol. The van der Waals surface area contributed by atoms with Gasteiger partial charge in [0, 0.05) is 13.1 Å². The molecule has 0 unspecified atom stereocenters. The SMILES string of the molecule is C[C@H]1CN(Cn2nnc3ccccc3c2=O)C[C@H](C)O1. The van der Waals surface area contributed by atoms with Gasteiger partial charge in [-0.1, -0.05) is 17.3 Å². The molecule has 1 fully saturated rings. The van der Waals surface area contributed by atoms with Crippen LogP contribution in [0.25, 0.3) is 10.9 Å². The van der Waals surface area contributed by atoms with Crippen LogP contribution in [0.4, 0.5) is 0 Å². The summed E-state index contributed by atoms with van der Waals surface area (Å²) in [5.74, 6) is 0. The van der Waals surface area contributed by atoms with Gasteiger partial charge in [-0.25, -0.2) is 0 Å². The van der Waals surface area contributed by atoms with Crippen molar-refractivity contribution in [2.75, 3.05) is 13.1 Å². The molecular weight excluding hydrogens is 256 g/mol. The highest BCUT2D eigenvalue weighted by Crippen LogP contribution is 2.11. The van der Waals surface area contributed by atoms with Crippen molar-refractivity contribution >= 4 is 10.9 Å². The van der Waals surface area contributed by atoms with Gasteiger partial charge in [-0.05, 0) is 26.0 Å². The molecule has 0 radical (unpaired) electrons. The van der Waals surface area contributed by atoms with Gasteiger partial charge in [0.25, 0.3) is 5.56 Å². The van der Waals surface area contributed by atoms with Gasteiger partial charge in [0.15, 0.2) is 0 Å². The highest BCUT2D eigenvalue weighted by atomic mass is 16.5. The first-order chi connectivity index (χ1) is 9.63. The van der Waals surface area contributed by atoms with Crippen LogP contribution in [0, 0.1) is 0 Å². The molecule has 6 heteroatoms. The van der Waals surface area contributed by atoms with Crippen molar-refractivity contribution in [3.8, 4) is 0 Å². The number of aromatic nitrogens is 3. The highest BCUT2D eigenvalue weighted by molar-refractivity contribution is 5.76. The maximum absolute atomic E-state index is 12.4. The van der Waals surface area contributed by atoms with E-state index in [1.165, 1.54) is 4.68 Å². The molecule has 2 heterocycles. The van der Waals surface area contributed by atoms with E-state index in [9.17, 15) is 4.79 Å². The zero-order valence-corrected chi connectivity index (χ0v) is 11.7. The van der Waals surface area contributed by atoms with Gasteiger partial charge in [0.1, 0.15) is 5.52 Å². The molecule has 106 valence electrons. The Balaban J connectivity index is 1.87. The molecule has 2 atom stereocenters. The summed E-state index contributed by atoms with van der Waals surface area (Å²) < 4.78 is 7.11. The van der Waals surface area contributed by atoms with E-state index in [2.05, 4.69) is 15.2 Å². The van der Waals surface area contributed by atoms with Gasteiger partial charge < -0.3 is 4.74 Å². The molecule has 0 N–H and O–H groups in total. The van der Waals surface area contributed by atoms with E-state index in [1.54, 1.807) is 12.1 Å². The molecule has 0 spiro atoms. The van der Waals surface area contributed by atoms with Crippen LogP contribution in [0.5, 0.6) is 0 Å². The lowest BCUT2D eigenvalue weighted by Crippen LogP contribution is -2.47. The number of morpholine rings is 1. The van der Waals surface area contributed by atoms with Gasteiger partial charge in [-0.3, -0.25) is 9.69 Å². The van der Waals surface area contributed by atoms with E-state index in [1.807, 2.05) is 26.0 Å². The van der Waals surface area contributed by atoms with Crippen LogP contribution < -0.4 is 5.56 Å². The number of benzene rings is 1. The summed E-state index contributed by atoms with van der Waals surface area (Å²) >= 11 is 0. The zero-order chi connectivity index (χ0) is 14.1. The van der Waals surface area contributed by atoms with Gasteiger partial charge in [0.05, 0.1) is 24.3 Å². The fourth-order valence-electron chi connectivity index (χ4n) is 2.71. The summed E-state index contributed by atoms with van der Waals surface area (Å²) in [5.41, 5.74) is 0.542. The standard InChI is InChI=1S/C14H18N4O2/c1-10-7-17(8-11(2)20-10)9-18-14(19)12-5-3-4-6-13(12)15-16-18/h3-6,10-11H,7-9H2,1-2H3/t10-,11-/m0/s1. The highest BCUT2D eigenvalue weighted by Gasteiger charge is 2.22. The van der Waals surface area contributed by atoms with E-state index in [0.29, 0.717) is 17.6 Å². The van der Waals surface area contributed by atoms with Crippen molar-refractivity contribution in [3.05, 3.63) is 34.6 Å². The van der Waals surface area contributed by atoms with Crippen LogP contribution in [0.15, 0.2) is 29.1 Å². The lowest BCUT2D eigenvalue weighted by Gasteiger charge is -2.34. The summed E-state index contributed by atoms with van der Waals surface area (Å²) in [6.07, 6.45) is 0.339. The fraction of sp³-hybridized carbons (Fsp3) is 0.500. The van der Waals surface area contributed by atoms with Crippen LogP contribution in [0.1, 0.15) is 13.8 Å². The third-order valence-corrected chi connectivity index (χ3v) is 3.46. The van der Waals surface area contributed by atoms with E-state index >= 15 is 0 Å². The van der Waals surface area contributed by atoms with Gasteiger partial charge >= 0.3 is 0 Å². The number of hydrogen-bond donors (Lipinski definition) is 0. The summed E-state index contributed by atoms with van der Waals surface area (Å²) in [5, 5.41) is 8.73. The third-order valence-electron chi connectivity index (χ3n) is 3.46. The number of hydrogen-bond acceptors (Lipinski definition) is 5. The Bertz CT molecular complexity index is 660. The van der Waals surface area contributed by atoms with Gasteiger partial charge in [0.2, 0.25) is 0 Å². The van der Waals surface area contributed by atoms with Crippen LogP contribution in [0.2, 0.25) is 0 Å². The summed E-state index contributed by atoms with van der Waals surface area (Å²) in [6, 6.07) is 7.28. The molecule has 3 rings (SSSR count). The lowest BCUT2D eigenvalue weighted by atomic mass is 10.2. The Hall–Kier alpha value is -1.79. The summed E-state index contributed by atoms with van der Waals surface area (Å²) in [7, 11) is 0. The zero-order valence-electron chi connectivity index (χ0n) is 11.7. The molecule has 0 bridgehead atoms. The largest absolute Gasteiger partial charge is 0.373 e. The monoisotopic (exact) mass is 274 g/mol. The molecule has 1 aliphatic rings. The first kappa shape index (κ1) is 13.2. The fourth-order valence-corrected chi connectivity index (χ4v) is 2.71. The van der Waals surface area contributed by atoms with Crippen LogP contribution in [-0.4, -0.2) is 45.2 Å². The molecule has 0 saturated carbocycles. The molecule has 1 aliphatic heterocycles. The van der Waals surface area contributed by atoms with E-state index in [0.717, 1.165) is 13.1 Å². The molecule has 6 nitrogen and oxygen atoms in total. The Morgan fingerprint density at radius 1 is 1.25 bits per heavy atom. The molecule has 1 saturated heterocycles. The van der Waals surface area contributed by atoms with Crippen LogP contribution >= 0.6 is 0 Å². The second kappa shape index (κ2) is 5.30. The minimum atomic E-state index is -0.0950. The molecular formula is C14H18N4O2. The molecule has 20 heavy (non-hydrogen) atoms. The number of fused-ring (bicyclic) bond motifs is 1. The second-order valence-corrected chi connectivity index (χ2v) is 5.35. The normalized spacial score (nSPS) is 24.1. The first-order valence-corrected chi connectivity index (χ1v) is 6.84. The maximum Gasteiger partial charge on any atom is 0.278 e.